The van der Waals surface area contributed by atoms with Crippen LogP contribution >= 0.6 is 0 Å². The van der Waals surface area contributed by atoms with Crippen molar-refractivity contribution in [1.29, 1.82) is 0 Å². The zero-order valence-electron chi connectivity index (χ0n) is 7.75. The molecule has 0 fully saturated rings. The number of nitrogens with zero attached hydrogens (tertiary/aromatic N) is 3. The lowest BCUT2D eigenvalue weighted by molar-refractivity contribution is -0.139. The summed E-state index contributed by atoms with van der Waals surface area (Å²) in [6.07, 6.45) is 3.40. The van der Waals surface area contributed by atoms with Gasteiger partial charge >= 0.3 is 0 Å². The molecule has 72 valence electrons. The summed E-state index contributed by atoms with van der Waals surface area (Å²) in [4.78, 5) is 2.70. The Kier molecular flexibility index (Phi) is 3.76. The second kappa shape index (κ2) is 4.87. The molecule has 5 nitrogen and oxygen atoms in total. The normalized spacial score (nSPS) is 27.3. The quantitative estimate of drug-likeness (QED) is 0.290. The van der Waals surface area contributed by atoms with E-state index in [4.69, 9.17) is 15.0 Å². The summed E-state index contributed by atoms with van der Waals surface area (Å²) in [5, 5.41) is 3.51. The molecule has 1 heterocycles. The first-order chi connectivity index (χ1) is 6.22. The second-order valence-electron chi connectivity index (χ2n) is 3.04. The van der Waals surface area contributed by atoms with Crippen LogP contribution in [0.2, 0.25) is 0 Å². The van der Waals surface area contributed by atoms with Gasteiger partial charge in [0, 0.05) is 4.91 Å². The van der Waals surface area contributed by atoms with Crippen molar-refractivity contribution in [2.45, 2.75) is 32.3 Å². The highest BCUT2D eigenvalue weighted by Gasteiger charge is 2.15. The molecule has 0 bridgehead atoms. The topological polar surface area (TPSA) is 67.2 Å². The monoisotopic (exact) mass is 183 g/mol. The van der Waals surface area contributed by atoms with Crippen LogP contribution in [0, 0.1) is 0 Å². The molecule has 0 saturated carbocycles. The van der Waals surface area contributed by atoms with E-state index in [0.29, 0.717) is 6.61 Å². The summed E-state index contributed by atoms with van der Waals surface area (Å²) in [5.74, 6) is 0. The predicted octanol–water partition coefficient (Wildman–Crippen LogP) is 2.00. The number of hydrogen-bond donors (Lipinski definition) is 0. The van der Waals surface area contributed by atoms with Gasteiger partial charge in [-0.3, -0.25) is 0 Å². The Morgan fingerprint density at radius 2 is 2.38 bits per heavy atom. The molecule has 13 heavy (non-hydrogen) atoms. The van der Waals surface area contributed by atoms with Crippen LogP contribution in [0.25, 0.3) is 10.4 Å². The highest BCUT2D eigenvalue weighted by atomic mass is 16.7. The lowest BCUT2D eigenvalue weighted by Crippen LogP contribution is -2.27. The summed E-state index contributed by atoms with van der Waals surface area (Å²) in [6.45, 7) is 4.27. The highest BCUT2D eigenvalue weighted by molar-refractivity contribution is 4.99. The van der Waals surface area contributed by atoms with Crippen LogP contribution in [0.4, 0.5) is 0 Å². The van der Waals surface area contributed by atoms with Gasteiger partial charge in [0.15, 0.2) is 6.29 Å². The molecular formula is C8H13N3O2. The van der Waals surface area contributed by atoms with Crippen molar-refractivity contribution in [3.05, 3.63) is 22.6 Å². The summed E-state index contributed by atoms with van der Waals surface area (Å²) in [5.41, 5.74) is 8.17. The molecule has 2 atom stereocenters. The molecule has 1 aliphatic heterocycles. The van der Waals surface area contributed by atoms with Crippen molar-refractivity contribution < 1.29 is 9.47 Å². The molecule has 0 saturated heterocycles. The molecule has 0 aromatic carbocycles. The van der Waals surface area contributed by atoms with Gasteiger partial charge in [0.2, 0.25) is 0 Å². The van der Waals surface area contributed by atoms with Gasteiger partial charge in [0.25, 0.3) is 0 Å². The maximum Gasteiger partial charge on any atom is 0.177 e. The average Bonchev–Trinajstić information content (AvgIpc) is 2.08. The van der Waals surface area contributed by atoms with Crippen LogP contribution in [0.15, 0.2) is 17.3 Å². The minimum Gasteiger partial charge on any atom is -0.348 e. The van der Waals surface area contributed by atoms with Crippen molar-refractivity contribution in [2.24, 2.45) is 5.11 Å². The lowest BCUT2D eigenvalue weighted by Gasteiger charge is -2.22. The van der Waals surface area contributed by atoms with Gasteiger partial charge in [-0.2, -0.15) is 0 Å². The Morgan fingerprint density at radius 1 is 1.62 bits per heavy atom. The van der Waals surface area contributed by atoms with Crippen molar-refractivity contribution in [2.75, 3.05) is 6.61 Å². The summed E-state index contributed by atoms with van der Waals surface area (Å²) in [6, 6.07) is -0.197. The Labute approximate surface area is 77.0 Å². The van der Waals surface area contributed by atoms with Crippen molar-refractivity contribution in [1.82, 2.24) is 0 Å². The number of ether oxygens (including phenoxy) is 2. The van der Waals surface area contributed by atoms with Gasteiger partial charge in [0.1, 0.15) is 0 Å². The smallest absolute Gasteiger partial charge is 0.177 e. The maximum absolute atomic E-state index is 8.17. The molecule has 0 N–H and O–H groups in total. The number of azide groups is 1. The fraction of sp³-hybridized carbons (Fsp3) is 0.750. The van der Waals surface area contributed by atoms with Crippen LogP contribution in [-0.4, -0.2) is 25.0 Å². The van der Waals surface area contributed by atoms with Gasteiger partial charge in [-0.15, -0.1) is 0 Å². The summed E-state index contributed by atoms with van der Waals surface area (Å²) >= 11 is 0. The Hall–Kier alpha value is -1.03. The van der Waals surface area contributed by atoms with E-state index in [0.717, 1.165) is 0 Å². The molecule has 0 radical (unpaired) electrons. The van der Waals surface area contributed by atoms with E-state index in [-0.39, 0.29) is 18.4 Å². The molecular weight excluding hydrogens is 170 g/mol. The Bertz CT molecular complexity index is 234. The first kappa shape index (κ1) is 10.1. The van der Waals surface area contributed by atoms with E-state index in [9.17, 15) is 0 Å². The first-order valence-electron chi connectivity index (χ1n) is 4.22. The molecule has 0 aromatic rings. The minimum atomic E-state index is -0.301. The number of rotatable bonds is 3. The standard InChI is InChI=1S/C8H13N3O2/c1-6(2)13-8-4-3-7(5-12-8)10-11-9/h3-4,6-8H,5H2,1-2H3/t7-,8+/m1/s1. The highest BCUT2D eigenvalue weighted by Crippen LogP contribution is 2.10. The van der Waals surface area contributed by atoms with Crippen molar-refractivity contribution >= 4 is 0 Å². The summed E-state index contributed by atoms with van der Waals surface area (Å²) in [7, 11) is 0. The maximum atomic E-state index is 8.17. The zero-order chi connectivity index (χ0) is 9.68. The van der Waals surface area contributed by atoms with Crippen LogP contribution in [-0.2, 0) is 9.47 Å². The van der Waals surface area contributed by atoms with Gasteiger partial charge in [0.05, 0.1) is 18.8 Å². The van der Waals surface area contributed by atoms with E-state index in [1.807, 2.05) is 13.8 Å². The van der Waals surface area contributed by atoms with E-state index < -0.39 is 0 Å². The lowest BCUT2D eigenvalue weighted by atomic mass is 10.2. The van der Waals surface area contributed by atoms with Crippen LogP contribution in [0.1, 0.15) is 13.8 Å². The molecule has 0 aromatic heterocycles. The molecule has 0 aliphatic carbocycles. The molecule has 0 unspecified atom stereocenters. The van der Waals surface area contributed by atoms with E-state index in [1.54, 1.807) is 12.2 Å². The molecule has 5 heteroatoms. The predicted molar refractivity (Wildman–Crippen MR) is 48.0 cm³/mol. The fourth-order valence-electron chi connectivity index (χ4n) is 1.01. The minimum absolute atomic E-state index is 0.130. The van der Waals surface area contributed by atoms with Gasteiger partial charge in [-0.05, 0) is 25.5 Å². The third-order valence-corrected chi connectivity index (χ3v) is 1.53. The fourth-order valence-corrected chi connectivity index (χ4v) is 1.01. The van der Waals surface area contributed by atoms with Gasteiger partial charge in [-0.1, -0.05) is 11.2 Å². The van der Waals surface area contributed by atoms with Crippen LogP contribution < -0.4 is 0 Å². The van der Waals surface area contributed by atoms with E-state index >= 15 is 0 Å². The largest absolute Gasteiger partial charge is 0.348 e. The molecule has 1 aliphatic rings. The first-order valence-corrected chi connectivity index (χ1v) is 4.22. The van der Waals surface area contributed by atoms with E-state index in [2.05, 4.69) is 10.0 Å². The van der Waals surface area contributed by atoms with E-state index in [1.165, 1.54) is 0 Å². The van der Waals surface area contributed by atoms with Crippen LogP contribution in [0.5, 0.6) is 0 Å². The van der Waals surface area contributed by atoms with Gasteiger partial charge < -0.3 is 9.47 Å². The van der Waals surface area contributed by atoms with Gasteiger partial charge in [-0.25, -0.2) is 0 Å². The number of hydrogen-bond acceptors (Lipinski definition) is 3. The third-order valence-electron chi connectivity index (χ3n) is 1.53. The van der Waals surface area contributed by atoms with Crippen molar-refractivity contribution in [3.63, 3.8) is 0 Å². The Balaban J connectivity index is 2.42. The molecule has 1 rings (SSSR count). The second-order valence-corrected chi connectivity index (χ2v) is 3.04. The third kappa shape index (κ3) is 3.46. The summed E-state index contributed by atoms with van der Waals surface area (Å²) < 4.78 is 10.7. The SMILES string of the molecule is CC(C)O[C@H]1C=C[C@@H](N=[N+]=[N-])CO1. The Morgan fingerprint density at radius 3 is 2.85 bits per heavy atom. The average molecular weight is 183 g/mol. The molecule has 0 spiro atoms. The zero-order valence-corrected chi connectivity index (χ0v) is 7.75. The van der Waals surface area contributed by atoms with Crippen LogP contribution in [0.3, 0.4) is 0 Å². The van der Waals surface area contributed by atoms with Crippen molar-refractivity contribution in [3.8, 4) is 0 Å². The molecule has 0 amide bonds.